The first kappa shape index (κ1) is 12.1. The number of nitrogens with zero attached hydrogens (tertiary/aromatic N) is 4. The van der Waals surface area contributed by atoms with E-state index in [-0.39, 0.29) is 0 Å². The van der Waals surface area contributed by atoms with Crippen LogP contribution < -0.4 is 0 Å². The topological polar surface area (TPSA) is 45.4 Å². The average molecular weight is 250 g/mol. The lowest BCUT2D eigenvalue weighted by Crippen LogP contribution is -2.44. The predicted molar refractivity (Wildman–Crippen MR) is 68.3 cm³/mol. The first-order valence-electron chi connectivity index (χ1n) is 6.93. The van der Waals surface area contributed by atoms with Gasteiger partial charge in [0.1, 0.15) is 0 Å². The predicted octanol–water partition coefficient (Wildman–Crippen LogP) is 1.47. The SMILES string of the molecule is CN(C)C1CCCN(Cc2noc(C3CC3)n2)C1. The molecule has 1 saturated carbocycles. The molecule has 2 aliphatic rings. The smallest absolute Gasteiger partial charge is 0.229 e. The van der Waals surface area contributed by atoms with E-state index in [1.165, 1.54) is 25.7 Å². The summed E-state index contributed by atoms with van der Waals surface area (Å²) in [6.45, 7) is 3.10. The Morgan fingerprint density at radius 3 is 2.89 bits per heavy atom. The minimum absolute atomic E-state index is 0.558. The number of hydrogen-bond donors (Lipinski definition) is 0. The fourth-order valence-corrected chi connectivity index (χ4v) is 2.62. The van der Waals surface area contributed by atoms with Crippen LogP contribution in [0, 0.1) is 0 Å². The monoisotopic (exact) mass is 250 g/mol. The van der Waals surface area contributed by atoms with Gasteiger partial charge in [-0.15, -0.1) is 0 Å². The van der Waals surface area contributed by atoms with Crippen molar-refractivity contribution in [3.8, 4) is 0 Å². The van der Waals surface area contributed by atoms with E-state index in [1.807, 2.05) is 0 Å². The summed E-state index contributed by atoms with van der Waals surface area (Å²) in [4.78, 5) is 9.26. The molecule has 1 aromatic heterocycles. The molecule has 5 nitrogen and oxygen atoms in total. The van der Waals surface area contributed by atoms with E-state index in [0.29, 0.717) is 12.0 Å². The van der Waals surface area contributed by atoms with Crippen molar-refractivity contribution in [3.63, 3.8) is 0 Å². The summed E-state index contributed by atoms with van der Waals surface area (Å²) >= 11 is 0. The number of aromatic nitrogens is 2. The molecule has 0 N–H and O–H groups in total. The summed E-state index contributed by atoms with van der Waals surface area (Å²) < 4.78 is 5.31. The van der Waals surface area contributed by atoms with Crippen LogP contribution in [0.2, 0.25) is 0 Å². The third-order valence-electron chi connectivity index (χ3n) is 3.99. The molecule has 2 fully saturated rings. The molecule has 100 valence electrons. The molecule has 2 heterocycles. The normalized spacial score (nSPS) is 25.8. The third-order valence-corrected chi connectivity index (χ3v) is 3.99. The highest BCUT2D eigenvalue weighted by Gasteiger charge is 2.30. The van der Waals surface area contributed by atoms with Crippen molar-refractivity contribution >= 4 is 0 Å². The molecule has 1 atom stereocenters. The van der Waals surface area contributed by atoms with Gasteiger partial charge >= 0.3 is 0 Å². The number of rotatable bonds is 4. The van der Waals surface area contributed by atoms with Crippen LogP contribution in [0.15, 0.2) is 4.52 Å². The molecule has 1 aliphatic heterocycles. The summed E-state index contributed by atoms with van der Waals surface area (Å²) in [5, 5.41) is 4.10. The Labute approximate surface area is 108 Å². The molecule has 0 amide bonds. The maximum Gasteiger partial charge on any atom is 0.229 e. The zero-order valence-electron chi connectivity index (χ0n) is 11.3. The van der Waals surface area contributed by atoms with Crippen molar-refractivity contribution in [1.82, 2.24) is 19.9 Å². The highest BCUT2D eigenvalue weighted by molar-refractivity contribution is 5.01. The van der Waals surface area contributed by atoms with Gasteiger partial charge in [0.05, 0.1) is 6.54 Å². The molecule has 1 saturated heterocycles. The second-order valence-corrected chi connectivity index (χ2v) is 5.82. The van der Waals surface area contributed by atoms with Gasteiger partial charge < -0.3 is 9.42 Å². The van der Waals surface area contributed by atoms with Gasteiger partial charge in [-0.3, -0.25) is 4.90 Å². The zero-order valence-corrected chi connectivity index (χ0v) is 11.3. The first-order valence-corrected chi connectivity index (χ1v) is 6.93. The van der Waals surface area contributed by atoms with Crippen LogP contribution >= 0.6 is 0 Å². The quantitative estimate of drug-likeness (QED) is 0.810. The summed E-state index contributed by atoms with van der Waals surface area (Å²) in [6.07, 6.45) is 4.99. The number of piperidine rings is 1. The van der Waals surface area contributed by atoms with E-state index in [0.717, 1.165) is 31.3 Å². The molecule has 0 aromatic carbocycles. The molecule has 18 heavy (non-hydrogen) atoms. The van der Waals surface area contributed by atoms with Crippen LogP contribution in [-0.4, -0.2) is 53.2 Å². The van der Waals surface area contributed by atoms with Crippen LogP contribution in [0.1, 0.15) is 43.3 Å². The van der Waals surface area contributed by atoms with Crippen LogP contribution in [0.5, 0.6) is 0 Å². The van der Waals surface area contributed by atoms with E-state index in [4.69, 9.17) is 4.52 Å². The van der Waals surface area contributed by atoms with Crippen LogP contribution in [0.25, 0.3) is 0 Å². The summed E-state index contributed by atoms with van der Waals surface area (Å²) in [7, 11) is 4.32. The Hall–Kier alpha value is -0.940. The number of likely N-dealkylation sites (N-methyl/N-ethyl adjacent to an activating group) is 1. The fraction of sp³-hybridized carbons (Fsp3) is 0.846. The van der Waals surface area contributed by atoms with Crippen molar-refractivity contribution in [2.24, 2.45) is 0 Å². The summed E-state index contributed by atoms with van der Waals surface area (Å²) in [5.41, 5.74) is 0. The summed E-state index contributed by atoms with van der Waals surface area (Å²) in [5.74, 6) is 2.27. The maximum atomic E-state index is 5.31. The molecule has 1 unspecified atom stereocenters. The highest BCUT2D eigenvalue weighted by atomic mass is 16.5. The Morgan fingerprint density at radius 2 is 2.17 bits per heavy atom. The second-order valence-electron chi connectivity index (χ2n) is 5.82. The Balaban J connectivity index is 1.57. The van der Waals surface area contributed by atoms with Crippen LogP contribution in [0.4, 0.5) is 0 Å². The lowest BCUT2D eigenvalue weighted by molar-refractivity contribution is 0.125. The van der Waals surface area contributed by atoms with Crippen molar-refractivity contribution in [2.45, 2.75) is 44.2 Å². The van der Waals surface area contributed by atoms with Gasteiger partial charge in [0, 0.05) is 18.5 Å². The molecular formula is C13H22N4O. The fourth-order valence-electron chi connectivity index (χ4n) is 2.62. The largest absolute Gasteiger partial charge is 0.339 e. The molecule has 3 rings (SSSR count). The molecule has 0 radical (unpaired) electrons. The van der Waals surface area contributed by atoms with E-state index < -0.39 is 0 Å². The Bertz CT molecular complexity index is 399. The van der Waals surface area contributed by atoms with Crippen molar-refractivity contribution in [2.75, 3.05) is 27.2 Å². The average Bonchev–Trinajstić information content (AvgIpc) is 3.11. The van der Waals surface area contributed by atoms with Gasteiger partial charge in [0.25, 0.3) is 0 Å². The van der Waals surface area contributed by atoms with Crippen LogP contribution in [-0.2, 0) is 6.54 Å². The first-order chi connectivity index (χ1) is 8.72. The van der Waals surface area contributed by atoms with E-state index >= 15 is 0 Å². The maximum absolute atomic E-state index is 5.31. The van der Waals surface area contributed by atoms with Gasteiger partial charge in [-0.2, -0.15) is 4.98 Å². The molecular weight excluding hydrogens is 228 g/mol. The third kappa shape index (κ3) is 2.72. The highest BCUT2D eigenvalue weighted by Crippen LogP contribution is 2.38. The zero-order chi connectivity index (χ0) is 12.5. The van der Waals surface area contributed by atoms with Crippen LogP contribution in [0.3, 0.4) is 0 Å². The standard InChI is InChI=1S/C13H22N4O/c1-16(2)11-4-3-7-17(8-11)9-12-14-13(18-15-12)10-5-6-10/h10-11H,3-9H2,1-2H3. The van der Waals surface area contributed by atoms with Gasteiger partial charge in [-0.1, -0.05) is 5.16 Å². The minimum atomic E-state index is 0.558. The number of hydrogen-bond acceptors (Lipinski definition) is 5. The molecule has 0 spiro atoms. The Morgan fingerprint density at radius 1 is 1.33 bits per heavy atom. The van der Waals surface area contributed by atoms with E-state index in [2.05, 4.69) is 34.0 Å². The van der Waals surface area contributed by atoms with Gasteiger partial charge in [-0.05, 0) is 46.3 Å². The molecule has 1 aliphatic carbocycles. The number of likely N-dealkylation sites (tertiary alicyclic amines) is 1. The molecule has 1 aromatic rings. The van der Waals surface area contributed by atoms with Crippen molar-refractivity contribution < 1.29 is 4.52 Å². The lowest BCUT2D eigenvalue weighted by atomic mass is 10.1. The Kier molecular flexibility index (Phi) is 3.35. The second kappa shape index (κ2) is 4.97. The van der Waals surface area contributed by atoms with E-state index in [9.17, 15) is 0 Å². The van der Waals surface area contributed by atoms with Gasteiger partial charge in [-0.25, -0.2) is 0 Å². The molecule has 0 bridgehead atoms. The molecule has 5 heteroatoms. The van der Waals surface area contributed by atoms with Gasteiger partial charge in [0.15, 0.2) is 5.82 Å². The van der Waals surface area contributed by atoms with Crippen molar-refractivity contribution in [3.05, 3.63) is 11.7 Å². The minimum Gasteiger partial charge on any atom is -0.339 e. The summed E-state index contributed by atoms with van der Waals surface area (Å²) in [6, 6.07) is 0.661. The van der Waals surface area contributed by atoms with Crippen molar-refractivity contribution in [1.29, 1.82) is 0 Å². The van der Waals surface area contributed by atoms with E-state index in [1.54, 1.807) is 0 Å². The lowest BCUT2D eigenvalue weighted by Gasteiger charge is -2.35. The van der Waals surface area contributed by atoms with Gasteiger partial charge in [0.2, 0.25) is 5.89 Å².